The normalized spacial score (nSPS) is 18.0. The van der Waals surface area contributed by atoms with Crippen molar-refractivity contribution in [1.82, 2.24) is 0 Å². The van der Waals surface area contributed by atoms with Crippen LogP contribution < -0.4 is 10.2 Å². The van der Waals surface area contributed by atoms with Gasteiger partial charge >= 0.3 is 0 Å². The Balaban J connectivity index is 1.99. The molecule has 0 spiro atoms. The van der Waals surface area contributed by atoms with Gasteiger partial charge in [-0.05, 0) is 43.4 Å². The van der Waals surface area contributed by atoms with Crippen molar-refractivity contribution in [2.24, 2.45) is 0 Å². The lowest BCUT2D eigenvalue weighted by Gasteiger charge is -2.35. The average Bonchev–Trinajstić information content (AvgIpc) is 3.20. The summed E-state index contributed by atoms with van der Waals surface area (Å²) in [6.45, 7) is 12.1. The van der Waals surface area contributed by atoms with Crippen molar-refractivity contribution in [1.29, 1.82) is 0 Å². The zero-order chi connectivity index (χ0) is 20.3. The van der Waals surface area contributed by atoms with Gasteiger partial charge in [-0.2, -0.15) is 0 Å². The highest BCUT2D eigenvalue weighted by atomic mass is 19.1. The lowest BCUT2D eigenvalue weighted by Crippen LogP contribution is -2.32. The number of hydrogen-bond acceptors (Lipinski definition) is 3. The fourth-order valence-electron chi connectivity index (χ4n) is 4.34. The molecule has 1 saturated carbocycles. The molecule has 1 unspecified atom stereocenters. The van der Waals surface area contributed by atoms with Gasteiger partial charge in [0.15, 0.2) is 0 Å². The predicted octanol–water partition coefficient (Wildman–Crippen LogP) is 6.94. The van der Waals surface area contributed by atoms with Crippen molar-refractivity contribution >= 4 is 16.9 Å². The van der Waals surface area contributed by atoms with Crippen molar-refractivity contribution < 1.29 is 9.50 Å². The van der Waals surface area contributed by atoms with E-state index in [-0.39, 0.29) is 17.6 Å². The van der Waals surface area contributed by atoms with Crippen LogP contribution in [0.15, 0.2) is 42.8 Å². The van der Waals surface area contributed by atoms with Crippen LogP contribution in [0.2, 0.25) is 0 Å². The van der Waals surface area contributed by atoms with Gasteiger partial charge < -0.3 is 15.3 Å². The Bertz CT molecular complexity index is 777. The standard InChI is InChI=1S/C24H33FN2O/c1-5-7-10-18(6-2)26-23-14-24-20(13-22(23)25)16(3)21(17(4)28)15-27(24)19-11-8-9-12-19/h13-15,18-19,26,28H,3-12H2,1-2H3. The Hall–Kier alpha value is -2.23. The fraction of sp³-hybridized carbons (Fsp3) is 0.500. The quantitative estimate of drug-likeness (QED) is 0.477. The van der Waals surface area contributed by atoms with Gasteiger partial charge in [-0.1, -0.05) is 52.7 Å². The van der Waals surface area contributed by atoms with Crippen LogP contribution in [0.3, 0.4) is 0 Å². The predicted molar refractivity (Wildman–Crippen MR) is 117 cm³/mol. The lowest BCUT2D eigenvalue weighted by atomic mass is 9.92. The smallest absolute Gasteiger partial charge is 0.147 e. The Morgan fingerprint density at radius 2 is 2.04 bits per heavy atom. The fourth-order valence-corrected chi connectivity index (χ4v) is 4.34. The monoisotopic (exact) mass is 384 g/mol. The lowest BCUT2D eigenvalue weighted by molar-refractivity contribution is 0.429. The van der Waals surface area contributed by atoms with Crippen LogP contribution in [0.25, 0.3) is 5.57 Å². The second-order valence-electron chi connectivity index (χ2n) is 8.05. The second-order valence-corrected chi connectivity index (χ2v) is 8.05. The number of nitrogens with zero attached hydrogens (tertiary/aromatic N) is 1. The molecule has 3 nitrogen and oxygen atoms in total. The number of rotatable bonds is 8. The molecule has 1 aromatic rings. The van der Waals surface area contributed by atoms with Gasteiger partial charge in [-0.25, -0.2) is 4.39 Å². The second kappa shape index (κ2) is 8.85. The molecule has 0 aromatic heterocycles. The SMILES string of the molecule is C=C(O)C1=CN(C2CCCC2)c2cc(NC(CC)CCCC)c(F)cc2C1=C. The molecule has 0 saturated heterocycles. The Morgan fingerprint density at radius 1 is 1.32 bits per heavy atom. The Kier molecular flexibility index (Phi) is 6.48. The summed E-state index contributed by atoms with van der Waals surface area (Å²) in [5.74, 6) is -0.294. The molecule has 3 rings (SSSR count). The van der Waals surface area contributed by atoms with Crippen molar-refractivity contribution in [2.45, 2.75) is 77.3 Å². The summed E-state index contributed by atoms with van der Waals surface area (Å²) in [5.41, 5.74) is 3.48. The van der Waals surface area contributed by atoms with Gasteiger partial charge in [-0.15, -0.1) is 0 Å². The molecule has 0 bridgehead atoms. The summed E-state index contributed by atoms with van der Waals surface area (Å²) in [7, 11) is 0. The number of aliphatic hydroxyl groups excluding tert-OH is 1. The Morgan fingerprint density at radius 3 is 2.64 bits per heavy atom. The highest BCUT2D eigenvalue weighted by Gasteiger charge is 2.30. The van der Waals surface area contributed by atoms with Gasteiger partial charge in [0.05, 0.1) is 11.4 Å². The molecule has 0 radical (unpaired) electrons. The van der Waals surface area contributed by atoms with Crippen molar-refractivity contribution in [2.75, 3.05) is 10.2 Å². The van der Waals surface area contributed by atoms with Crippen LogP contribution in [-0.4, -0.2) is 17.2 Å². The van der Waals surface area contributed by atoms with Crippen molar-refractivity contribution in [3.63, 3.8) is 0 Å². The van der Waals surface area contributed by atoms with Crippen molar-refractivity contribution in [3.8, 4) is 0 Å². The van der Waals surface area contributed by atoms with E-state index in [0.717, 1.165) is 49.8 Å². The van der Waals surface area contributed by atoms with Crippen LogP contribution >= 0.6 is 0 Å². The summed E-state index contributed by atoms with van der Waals surface area (Å²) < 4.78 is 15.0. The molecular formula is C24H33FN2O. The van der Waals surface area contributed by atoms with E-state index in [4.69, 9.17) is 0 Å². The van der Waals surface area contributed by atoms with Crippen molar-refractivity contribution in [3.05, 3.63) is 54.2 Å². The summed E-state index contributed by atoms with van der Waals surface area (Å²) in [6, 6.07) is 4.12. The molecule has 1 aliphatic carbocycles. The number of allylic oxidation sites excluding steroid dienone is 1. The Labute approximate surface area is 168 Å². The van der Waals surface area contributed by atoms with Gasteiger partial charge in [0.25, 0.3) is 0 Å². The molecule has 2 aliphatic rings. The number of benzene rings is 1. The third-order valence-electron chi connectivity index (χ3n) is 6.07. The number of hydrogen-bond donors (Lipinski definition) is 2. The summed E-state index contributed by atoms with van der Waals surface area (Å²) >= 11 is 0. The maximum Gasteiger partial charge on any atom is 0.147 e. The molecule has 4 heteroatoms. The van der Waals surface area contributed by atoms with Crippen LogP contribution in [-0.2, 0) is 0 Å². The van der Waals surface area contributed by atoms with E-state index < -0.39 is 0 Å². The molecule has 28 heavy (non-hydrogen) atoms. The molecular weight excluding hydrogens is 351 g/mol. The minimum atomic E-state index is -0.272. The minimum absolute atomic E-state index is 0.0214. The number of unbranched alkanes of at least 4 members (excludes halogenated alkanes) is 1. The van der Waals surface area contributed by atoms with E-state index in [1.54, 1.807) is 6.07 Å². The van der Waals surface area contributed by atoms with Gasteiger partial charge in [0, 0.05) is 29.4 Å². The number of aliphatic hydroxyl groups is 1. The van der Waals surface area contributed by atoms with Crippen LogP contribution in [0, 0.1) is 5.82 Å². The minimum Gasteiger partial charge on any atom is -0.508 e. The van der Waals surface area contributed by atoms with E-state index in [1.165, 1.54) is 12.8 Å². The van der Waals surface area contributed by atoms with E-state index in [2.05, 4.69) is 37.2 Å². The first kappa shape index (κ1) is 20.5. The van der Waals surface area contributed by atoms with E-state index in [0.29, 0.717) is 22.9 Å². The van der Waals surface area contributed by atoms with Gasteiger partial charge in [-0.3, -0.25) is 0 Å². The molecule has 0 amide bonds. The van der Waals surface area contributed by atoms with Crippen LogP contribution in [0.5, 0.6) is 0 Å². The average molecular weight is 385 g/mol. The third kappa shape index (κ3) is 4.11. The topological polar surface area (TPSA) is 35.5 Å². The first-order valence-corrected chi connectivity index (χ1v) is 10.6. The summed E-state index contributed by atoms with van der Waals surface area (Å²) in [4.78, 5) is 2.20. The maximum atomic E-state index is 15.0. The first-order chi connectivity index (χ1) is 13.5. The van der Waals surface area contributed by atoms with E-state index in [9.17, 15) is 9.50 Å². The molecule has 1 aliphatic heterocycles. The highest BCUT2D eigenvalue weighted by molar-refractivity contribution is 5.92. The first-order valence-electron chi connectivity index (χ1n) is 10.6. The largest absolute Gasteiger partial charge is 0.508 e. The molecule has 1 aromatic carbocycles. The van der Waals surface area contributed by atoms with Gasteiger partial charge in [0.2, 0.25) is 0 Å². The van der Waals surface area contributed by atoms with E-state index in [1.807, 2.05) is 12.3 Å². The zero-order valence-electron chi connectivity index (χ0n) is 17.2. The third-order valence-corrected chi connectivity index (χ3v) is 6.07. The van der Waals surface area contributed by atoms with E-state index >= 15 is 0 Å². The van der Waals surface area contributed by atoms with Gasteiger partial charge in [0.1, 0.15) is 11.6 Å². The highest BCUT2D eigenvalue weighted by Crippen LogP contribution is 2.43. The molecule has 1 heterocycles. The van der Waals surface area contributed by atoms with Crippen LogP contribution in [0.4, 0.5) is 15.8 Å². The molecule has 152 valence electrons. The maximum absolute atomic E-state index is 15.0. The number of fused-ring (bicyclic) bond motifs is 1. The number of anilines is 2. The van der Waals surface area contributed by atoms with Crippen LogP contribution in [0.1, 0.15) is 70.8 Å². The summed E-state index contributed by atoms with van der Waals surface area (Å²) in [6.07, 6.45) is 10.8. The number of nitrogens with one attached hydrogen (secondary N) is 1. The molecule has 2 N–H and O–H groups in total. The molecule has 1 atom stereocenters. The zero-order valence-corrected chi connectivity index (χ0v) is 17.2. The molecule has 1 fully saturated rings. The summed E-state index contributed by atoms with van der Waals surface area (Å²) in [5, 5.41) is 13.5. The number of halogens is 1.